The Morgan fingerprint density at radius 2 is 1.14 bits per heavy atom. The number of hydrogen-bond donors (Lipinski definition) is 2. The van der Waals surface area contributed by atoms with Crippen LogP contribution >= 0.6 is 0 Å². The Bertz CT molecular complexity index is 847. The monoisotopic (exact) mass is 390 g/mol. The maximum atomic E-state index is 9.91. The molecule has 2 nitrogen and oxygen atoms in total. The highest BCUT2D eigenvalue weighted by Crippen LogP contribution is 2.76. The van der Waals surface area contributed by atoms with Crippen LogP contribution < -0.4 is 0 Å². The number of benzene rings is 2. The lowest BCUT2D eigenvalue weighted by Crippen LogP contribution is -2.65. The second kappa shape index (κ2) is 6.03. The third-order valence-electron chi connectivity index (χ3n) is 9.15. The Morgan fingerprint density at radius 3 is 1.52 bits per heavy atom. The van der Waals surface area contributed by atoms with Gasteiger partial charge in [0.2, 0.25) is 0 Å². The fourth-order valence-corrected chi connectivity index (χ4v) is 8.16. The first-order valence-corrected chi connectivity index (χ1v) is 11.3. The Labute approximate surface area is 175 Å². The lowest BCUT2D eigenvalue weighted by Gasteiger charge is -2.72. The molecule has 29 heavy (non-hydrogen) atoms. The summed E-state index contributed by atoms with van der Waals surface area (Å²) in [4.78, 5) is 0. The van der Waals surface area contributed by atoms with Crippen LogP contribution in [0.2, 0.25) is 0 Å². The van der Waals surface area contributed by atoms with E-state index in [1.54, 1.807) is 0 Å². The molecule has 0 aromatic heterocycles. The minimum absolute atomic E-state index is 0.181. The fourth-order valence-electron chi connectivity index (χ4n) is 8.16. The molecule has 0 aliphatic heterocycles. The number of rotatable bonds is 4. The molecule has 4 aliphatic carbocycles. The van der Waals surface area contributed by atoms with E-state index in [-0.39, 0.29) is 10.8 Å². The van der Waals surface area contributed by atoms with Crippen LogP contribution in [0.5, 0.6) is 11.5 Å². The molecule has 2 unspecified atom stereocenters. The van der Waals surface area contributed by atoms with Crippen LogP contribution in [0.3, 0.4) is 0 Å². The summed E-state index contributed by atoms with van der Waals surface area (Å²) in [5.74, 6) is 1.37. The van der Waals surface area contributed by atoms with Crippen molar-refractivity contribution < 1.29 is 10.2 Å². The van der Waals surface area contributed by atoms with Crippen molar-refractivity contribution >= 4 is 0 Å². The smallest absolute Gasteiger partial charge is 0.115 e. The molecule has 2 atom stereocenters. The van der Waals surface area contributed by atoms with Gasteiger partial charge in [-0.2, -0.15) is 0 Å². The predicted octanol–water partition coefficient (Wildman–Crippen LogP) is 6.69. The van der Waals surface area contributed by atoms with Crippen molar-refractivity contribution in [3.05, 3.63) is 59.7 Å². The Balaban J connectivity index is 1.72. The van der Waals surface area contributed by atoms with Gasteiger partial charge in [-0.1, -0.05) is 51.5 Å². The maximum absolute atomic E-state index is 9.91. The van der Waals surface area contributed by atoms with Crippen LogP contribution in [0.15, 0.2) is 48.5 Å². The molecular weight excluding hydrogens is 356 g/mol. The highest BCUT2D eigenvalue weighted by molar-refractivity contribution is 5.42. The summed E-state index contributed by atoms with van der Waals surface area (Å²) >= 11 is 0. The van der Waals surface area contributed by atoms with Crippen molar-refractivity contribution in [2.75, 3.05) is 0 Å². The van der Waals surface area contributed by atoms with Crippen molar-refractivity contribution in [3.63, 3.8) is 0 Å². The van der Waals surface area contributed by atoms with E-state index >= 15 is 0 Å². The van der Waals surface area contributed by atoms with Crippen LogP contribution in [0.25, 0.3) is 0 Å². The second-order valence-electron chi connectivity index (χ2n) is 11.1. The first-order chi connectivity index (χ1) is 13.7. The minimum Gasteiger partial charge on any atom is -0.508 e. The van der Waals surface area contributed by atoms with Crippen LogP contribution in [-0.2, 0) is 10.8 Å². The van der Waals surface area contributed by atoms with Gasteiger partial charge in [-0.25, -0.2) is 0 Å². The van der Waals surface area contributed by atoms with Gasteiger partial charge in [-0.15, -0.1) is 0 Å². The summed E-state index contributed by atoms with van der Waals surface area (Å²) in [7, 11) is 0. The summed E-state index contributed by atoms with van der Waals surface area (Å²) < 4.78 is 0. The van der Waals surface area contributed by atoms with Crippen molar-refractivity contribution in [1.29, 1.82) is 0 Å². The van der Waals surface area contributed by atoms with Crippen molar-refractivity contribution in [2.24, 2.45) is 16.7 Å². The third kappa shape index (κ3) is 2.67. The van der Waals surface area contributed by atoms with E-state index in [9.17, 15) is 10.2 Å². The van der Waals surface area contributed by atoms with Gasteiger partial charge in [-0.05, 0) is 101 Å². The van der Waals surface area contributed by atoms with E-state index < -0.39 is 0 Å². The molecule has 4 aliphatic rings. The predicted molar refractivity (Wildman–Crippen MR) is 117 cm³/mol. The summed E-state index contributed by atoms with van der Waals surface area (Å²) in [6, 6.07) is 16.2. The van der Waals surface area contributed by atoms with Gasteiger partial charge in [0.15, 0.2) is 0 Å². The van der Waals surface area contributed by atoms with Crippen LogP contribution in [0.1, 0.15) is 76.8 Å². The van der Waals surface area contributed by atoms with Gasteiger partial charge in [0.25, 0.3) is 0 Å². The summed E-state index contributed by atoms with van der Waals surface area (Å²) in [6.45, 7) is 7.27. The normalized spacial score (nSPS) is 37.9. The topological polar surface area (TPSA) is 40.5 Å². The molecule has 4 fully saturated rings. The van der Waals surface area contributed by atoms with Gasteiger partial charge in [-0.3, -0.25) is 0 Å². The fraction of sp³-hybridized carbons (Fsp3) is 0.556. The summed E-state index contributed by atoms with van der Waals surface area (Å²) in [5, 5.41) is 19.8. The van der Waals surface area contributed by atoms with Crippen molar-refractivity contribution in [1.82, 2.24) is 0 Å². The molecule has 2 aromatic rings. The summed E-state index contributed by atoms with van der Waals surface area (Å²) in [5.41, 5.74) is 3.94. The van der Waals surface area contributed by atoms with E-state index in [1.807, 2.05) is 24.3 Å². The minimum atomic E-state index is 0.181. The van der Waals surface area contributed by atoms with Gasteiger partial charge in [0.1, 0.15) is 11.5 Å². The number of aromatic hydroxyl groups is 2. The van der Waals surface area contributed by atoms with Gasteiger partial charge in [0.05, 0.1) is 0 Å². The quantitative estimate of drug-likeness (QED) is 0.610. The van der Waals surface area contributed by atoms with Gasteiger partial charge < -0.3 is 10.2 Å². The van der Waals surface area contributed by atoms with E-state index in [1.165, 1.54) is 56.1 Å². The highest BCUT2D eigenvalue weighted by Gasteiger charge is 2.68. The standard InChI is InChI=1S/C27H34O2/c1-4-24-13-25(19(2)3)16-26(14-24,20-5-9-22(28)10-6-20)18-27(15-24,17-25)21-7-11-23(29)12-8-21/h5-12,19,28-29H,4,13-18H2,1-3H3. The average Bonchev–Trinajstić information content (AvgIpc) is 2.68. The zero-order chi connectivity index (χ0) is 20.5. The Kier molecular flexibility index (Phi) is 3.96. The van der Waals surface area contributed by atoms with E-state index in [0.717, 1.165) is 0 Å². The van der Waals surface area contributed by atoms with Crippen molar-refractivity contribution in [3.8, 4) is 11.5 Å². The first-order valence-electron chi connectivity index (χ1n) is 11.3. The average molecular weight is 391 g/mol. The molecule has 4 bridgehead atoms. The molecule has 2 aromatic carbocycles. The lowest BCUT2D eigenvalue weighted by molar-refractivity contribution is -0.161. The molecule has 0 heterocycles. The van der Waals surface area contributed by atoms with E-state index in [4.69, 9.17) is 0 Å². The molecule has 0 amide bonds. The van der Waals surface area contributed by atoms with Crippen LogP contribution in [-0.4, -0.2) is 10.2 Å². The highest BCUT2D eigenvalue weighted by atomic mass is 16.3. The third-order valence-corrected chi connectivity index (χ3v) is 9.15. The molecule has 4 saturated carbocycles. The first kappa shape index (κ1) is 19.0. The van der Waals surface area contributed by atoms with Crippen LogP contribution in [0, 0.1) is 16.7 Å². The number of phenols is 2. The summed E-state index contributed by atoms with van der Waals surface area (Å²) in [6.07, 6.45) is 8.86. The van der Waals surface area contributed by atoms with E-state index in [2.05, 4.69) is 45.0 Å². The molecule has 0 spiro atoms. The number of phenolic OH excluding ortho intramolecular Hbond substituents is 2. The molecule has 0 saturated heterocycles. The zero-order valence-corrected chi connectivity index (χ0v) is 18.0. The zero-order valence-electron chi connectivity index (χ0n) is 18.0. The molecule has 154 valence electrons. The van der Waals surface area contributed by atoms with Gasteiger partial charge >= 0.3 is 0 Å². The SMILES string of the molecule is CCC12CC3(c4ccc(O)cc4)CC(c4ccc(O)cc4)(C1)CC(C(C)C)(C2)C3. The molecule has 2 N–H and O–H groups in total. The molecular formula is C27H34O2. The molecule has 2 heteroatoms. The molecule has 6 rings (SSSR count). The lowest BCUT2D eigenvalue weighted by atomic mass is 9.32. The van der Waals surface area contributed by atoms with Crippen molar-refractivity contribution in [2.45, 2.75) is 76.5 Å². The Hall–Kier alpha value is -1.96. The van der Waals surface area contributed by atoms with Crippen LogP contribution in [0.4, 0.5) is 0 Å². The Morgan fingerprint density at radius 1 is 0.690 bits per heavy atom. The van der Waals surface area contributed by atoms with E-state index in [0.29, 0.717) is 28.2 Å². The maximum Gasteiger partial charge on any atom is 0.115 e. The number of hydrogen-bond acceptors (Lipinski definition) is 2. The molecule has 0 radical (unpaired) electrons. The second-order valence-corrected chi connectivity index (χ2v) is 11.1. The largest absolute Gasteiger partial charge is 0.508 e. The van der Waals surface area contributed by atoms with Gasteiger partial charge in [0, 0.05) is 0 Å².